The van der Waals surface area contributed by atoms with Gasteiger partial charge in [0.1, 0.15) is 0 Å². The molecule has 18 heavy (non-hydrogen) atoms. The molecule has 2 heteroatoms. The summed E-state index contributed by atoms with van der Waals surface area (Å²) in [6, 6.07) is 0. The van der Waals surface area contributed by atoms with Crippen LogP contribution in [0.15, 0.2) is 11.8 Å². The van der Waals surface area contributed by atoms with Gasteiger partial charge in [-0.3, -0.25) is 0 Å². The van der Waals surface area contributed by atoms with E-state index in [0.29, 0.717) is 10.8 Å². The molecule has 0 aromatic heterocycles. The van der Waals surface area contributed by atoms with E-state index in [0.717, 1.165) is 5.92 Å². The fourth-order valence-electron chi connectivity index (χ4n) is 4.23. The average molecular weight is 267 g/mol. The molecule has 0 amide bonds. The molecule has 1 saturated carbocycles. The Morgan fingerprint density at radius 2 is 1.83 bits per heavy atom. The Bertz CT molecular complexity index is 351. The van der Waals surface area contributed by atoms with Crippen molar-refractivity contribution in [2.75, 3.05) is 0 Å². The van der Waals surface area contributed by atoms with Crippen LogP contribution in [0.1, 0.15) is 52.9 Å². The largest absolute Gasteiger partial charge is 0.547 e. The first kappa shape index (κ1) is 14.2. The van der Waals surface area contributed by atoms with E-state index in [1.54, 1.807) is 0 Å². The van der Waals surface area contributed by atoms with Gasteiger partial charge in [-0.05, 0) is 62.7 Å². The van der Waals surface area contributed by atoms with E-state index in [1.165, 1.54) is 37.9 Å². The Kier molecular flexibility index (Phi) is 3.46. The Hall–Kier alpha value is -0.243. The minimum atomic E-state index is -1.48. The molecule has 0 N–H and O–H groups in total. The Labute approximate surface area is 114 Å². The summed E-state index contributed by atoms with van der Waals surface area (Å²) in [5.41, 5.74) is 0.787. The molecule has 0 saturated heterocycles. The van der Waals surface area contributed by atoms with E-state index in [2.05, 4.69) is 46.5 Å². The summed E-state index contributed by atoms with van der Waals surface area (Å²) >= 11 is 0. The molecule has 0 heterocycles. The zero-order chi connectivity index (χ0) is 13.6. The van der Waals surface area contributed by atoms with Gasteiger partial charge < -0.3 is 4.43 Å². The first-order chi connectivity index (χ1) is 8.15. The van der Waals surface area contributed by atoms with Gasteiger partial charge in [0.2, 0.25) is 8.32 Å². The predicted octanol–water partition coefficient (Wildman–Crippen LogP) is 5.35. The molecule has 2 aliphatic rings. The van der Waals surface area contributed by atoms with Crippen LogP contribution in [0.3, 0.4) is 0 Å². The molecular weight excluding hydrogens is 236 g/mol. The van der Waals surface area contributed by atoms with Crippen molar-refractivity contribution in [1.82, 2.24) is 0 Å². The predicted molar refractivity (Wildman–Crippen MR) is 81.0 cm³/mol. The van der Waals surface area contributed by atoms with Crippen LogP contribution in [0, 0.1) is 16.7 Å². The van der Waals surface area contributed by atoms with Gasteiger partial charge in [-0.15, -0.1) is 0 Å². The molecular formula is C16H30OSi. The molecule has 2 aliphatic carbocycles. The van der Waals surface area contributed by atoms with Crippen LogP contribution >= 0.6 is 0 Å². The summed E-state index contributed by atoms with van der Waals surface area (Å²) in [5.74, 6) is 2.14. The van der Waals surface area contributed by atoms with Gasteiger partial charge in [0.15, 0.2) is 0 Å². The molecule has 0 unspecified atom stereocenters. The lowest BCUT2D eigenvalue weighted by atomic mass is 9.53. The fraction of sp³-hybridized carbons (Fsp3) is 0.875. The molecule has 0 aromatic rings. The number of fused-ring (bicyclic) bond motifs is 1. The van der Waals surface area contributed by atoms with Crippen molar-refractivity contribution in [3.8, 4) is 0 Å². The highest BCUT2D eigenvalue weighted by Crippen LogP contribution is 2.58. The maximum absolute atomic E-state index is 6.44. The Balaban J connectivity index is 2.30. The topological polar surface area (TPSA) is 9.23 Å². The summed E-state index contributed by atoms with van der Waals surface area (Å²) in [7, 11) is -1.48. The van der Waals surface area contributed by atoms with E-state index < -0.39 is 8.32 Å². The molecule has 0 aliphatic heterocycles. The van der Waals surface area contributed by atoms with Crippen molar-refractivity contribution in [3.05, 3.63) is 11.8 Å². The standard InChI is InChI=1S/C16H30OSi/c1-15(2)11-8-12-16(3)13(15)9-7-10-14(16)17-18(4,5)6/h10,13H,7-9,11-12H2,1-6H3/t13-,16-/m0/s1. The molecule has 0 radical (unpaired) electrons. The van der Waals surface area contributed by atoms with E-state index in [-0.39, 0.29) is 0 Å². The van der Waals surface area contributed by atoms with Crippen LogP contribution in [-0.2, 0) is 4.43 Å². The highest BCUT2D eigenvalue weighted by molar-refractivity contribution is 6.70. The van der Waals surface area contributed by atoms with Gasteiger partial charge >= 0.3 is 0 Å². The number of rotatable bonds is 2. The second-order valence-electron chi connectivity index (χ2n) is 8.17. The maximum Gasteiger partial charge on any atom is 0.241 e. The van der Waals surface area contributed by atoms with Crippen LogP contribution in [0.5, 0.6) is 0 Å². The highest BCUT2D eigenvalue weighted by Gasteiger charge is 2.50. The van der Waals surface area contributed by atoms with Crippen molar-refractivity contribution in [1.29, 1.82) is 0 Å². The van der Waals surface area contributed by atoms with Crippen molar-refractivity contribution in [2.24, 2.45) is 16.7 Å². The summed E-state index contributed by atoms with van der Waals surface area (Å²) < 4.78 is 6.44. The smallest absolute Gasteiger partial charge is 0.241 e. The molecule has 2 rings (SSSR count). The zero-order valence-corrected chi connectivity index (χ0v) is 14.1. The van der Waals surface area contributed by atoms with Crippen LogP contribution in [0.25, 0.3) is 0 Å². The Morgan fingerprint density at radius 1 is 1.17 bits per heavy atom. The average Bonchev–Trinajstić information content (AvgIpc) is 2.17. The van der Waals surface area contributed by atoms with E-state index >= 15 is 0 Å². The van der Waals surface area contributed by atoms with Crippen LogP contribution in [0.2, 0.25) is 19.6 Å². The lowest BCUT2D eigenvalue weighted by Crippen LogP contribution is -2.46. The monoisotopic (exact) mass is 266 g/mol. The van der Waals surface area contributed by atoms with Crippen LogP contribution in [-0.4, -0.2) is 8.32 Å². The lowest BCUT2D eigenvalue weighted by Gasteiger charge is -2.54. The highest BCUT2D eigenvalue weighted by atomic mass is 28.4. The van der Waals surface area contributed by atoms with Crippen molar-refractivity contribution in [3.63, 3.8) is 0 Å². The van der Waals surface area contributed by atoms with Crippen molar-refractivity contribution < 1.29 is 4.43 Å². The molecule has 2 atom stereocenters. The van der Waals surface area contributed by atoms with E-state index in [9.17, 15) is 0 Å². The van der Waals surface area contributed by atoms with Crippen LogP contribution in [0.4, 0.5) is 0 Å². The molecule has 0 bridgehead atoms. The maximum atomic E-state index is 6.44. The SMILES string of the molecule is CC1(C)CCC[C@]2(C)C(O[Si](C)(C)C)=CCC[C@@H]12. The molecule has 104 valence electrons. The third-order valence-corrected chi connectivity index (χ3v) is 5.83. The summed E-state index contributed by atoms with van der Waals surface area (Å²) in [4.78, 5) is 0. The molecule has 0 spiro atoms. The van der Waals surface area contributed by atoms with Crippen molar-refractivity contribution >= 4 is 8.32 Å². The second-order valence-corrected chi connectivity index (χ2v) is 12.6. The van der Waals surface area contributed by atoms with Crippen molar-refractivity contribution in [2.45, 2.75) is 72.5 Å². The van der Waals surface area contributed by atoms with Crippen LogP contribution < -0.4 is 0 Å². The minimum absolute atomic E-state index is 0.306. The number of hydrogen-bond acceptors (Lipinski definition) is 1. The normalized spacial score (nSPS) is 35.7. The first-order valence-electron chi connectivity index (χ1n) is 7.55. The lowest BCUT2D eigenvalue weighted by molar-refractivity contribution is -0.00999. The van der Waals surface area contributed by atoms with Gasteiger partial charge in [-0.2, -0.15) is 0 Å². The quantitative estimate of drug-likeness (QED) is 0.612. The van der Waals surface area contributed by atoms with Gasteiger partial charge in [-0.25, -0.2) is 0 Å². The van der Waals surface area contributed by atoms with E-state index in [1.807, 2.05) is 0 Å². The molecule has 1 fully saturated rings. The van der Waals surface area contributed by atoms with Gasteiger partial charge in [0.25, 0.3) is 0 Å². The number of hydrogen-bond donors (Lipinski definition) is 0. The number of allylic oxidation sites excluding steroid dienone is 2. The third kappa shape index (κ3) is 2.54. The fourth-order valence-corrected chi connectivity index (χ4v) is 5.20. The molecule has 1 nitrogen and oxygen atoms in total. The minimum Gasteiger partial charge on any atom is -0.547 e. The third-order valence-electron chi connectivity index (χ3n) is 4.99. The summed E-state index contributed by atoms with van der Waals surface area (Å²) in [6.07, 6.45) is 9.01. The Morgan fingerprint density at radius 3 is 2.44 bits per heavy atom. The molecule has 0 aromatic carbocycles. The first-order valence-corrected chi connectivity index (χ1v) is 11.0. The summed E-state index contributed by atoms with van der Waals surface area (Å²) in [5, 5.41) is 0. The second kappa shape index (κ2) is 4.40. The van der Waals surface area contributed by atoms with E-state index in [4.69, 9.17) is 4.43 Å². The van der Waals surface area contributed by atoms with Gasteiger partial charge in [0.05, 0.1) is 5.76 Å². The zero-order valence-electron chi connectivity index (χ0n) is 13.1. The van der Waals surface area contributed by atoms with Gasteiger partial charge in [-0.1, -0.05) is 27.2 Å². The van der Waals surface area contributed by atoms with Gasteiger partial charge in [0, 0.05) is 5.41 Å². The summed E-state index contributed by atoms with van der Waals surface area (Å²) in [6.45, 7) is 14.3.